The number of fused-ring (bicyclic) bond motifs is 3. The normalized spacial score (nSPS) is 11.1. The summed E-state index contributed by atoms with van der Waals surface area (Å²) in [6.07, 6.45) is 1.65. The van der Waals surface area contributed by atoms with Gasteiger partial charge in [-0.05, 0) is 37.1 Å². The molecule has 2 aromatic heterocycles. The van der Waals surface area contributed by atoms with Gasteiger partial charge < -0.3 is 10.3 Å². The number of anilines is 1. The minimum Gasteiger partial charge on any atom is -0.349 e. The minimum absolute atomic E-state index is 0.144. The van der Waals surface area contributed by atoms with E-state index in [0.717, 1.165) is 27.7 Å². The van der Waals surface area contributed by atoms with E-state index in [1.807, 2.05) is 56.3 Å². The van der Waals surface area contributed by atoms with Crippen molar-refractivity contribution in [3.8, 4) is 0 Å². The average molecular weight is 419 g/mol. The third-order valence-corrected chi connectivity index (χ3v) is 5.86. The van der Waals surface area contributed by atoms with Crippen LogP contribution in [0.15, 0.2) is 65.1 Å². The van der Waals surface area contributed by atoms with Crippen molar-refractivity contribution in [2.24, 2.45) is 0 Å². The molecular weight excluding hydrogens is 396 g/mol. The standard InChI is InChI=1S/C23H22N4O2S/c1-4-11-27-22(29)21-20(16-7-5-6-8-17(16)25-21)26-23(27)30-13-19(28)24-18-12-14(2)9-10-15(18)3/h4-10,12,25H,1,11,13H2,2-3H3,(H,24,28). The Bertz CT molecular complexity index is 1340. The number of hydrogen-bond donors (Lipinski definition) is 2. The average Bonchev–Trinajstić information content (AvgIpc) is 3.10. The van der Waals surface area contributed by atoms with E-state index >= 15 is 0 Å². The fraction of sp³-hybridized carbons (Fsp3) is 0.174. The number of thioether (sulfide) groups is 1. The molecule has 0 atom stereocenters. The van der Waals surface area contributed by atoms with E-state index in [9.17, 15) is 9.59 Å². The fourth-order valence-corrected chi connectivity index (χ4v) is 4.16. The highest BCUT2D eigenvalue weighted by Gasteiger charge is 2.16. The van der Waals surface area contributed by atoms with Gasteiger partial charge in [-0.25, -0.2) is 4.98 Å². The van der Waals surface area contributed by atoms with Gasteiger partial charge in [0.1, 0.15) is 11.0 Å². The number of carbonyl (C=O) groups is 1. The number of allylic oxidation sites excluding steroid dienone is 1. The van der Waals surface area contributed by atoms with Crippen LogP contribution in [0.1, 0.15) is 11.1 Å². The van der Waals surface area contributed by atoms with Gasteiger partial charge in [-0.1, -0.05) is 48.2 Å². The second kappa shape index (κ2) is 8.20. The summed E-state index contributed by atoms with van der Waals surface area (Å²) in [6, 6.07) is 13.6. The lowest BCUT2D eigenvalue weighted by Crippen LogP contribution is -2.24. The van der Waals surface area contributed by atoms with Crippen LogP contribution < -0.4 is 10.9 Å². The van der Waals surface area contributed by atoms with Crippen LogP contribution in [0.4, 0.5) is 5.69 Å². The molecule has 0 unspecified atom stereocenters. The summed E-state index contributed by atoms with van der Waals surface area (Å²) in [5, 5.41) is 4.33. The van der Waals surface area contributed by atoms with Crippen LogP contribution in [0.25, 0.3) is 21.9 Å². The third-order valence-electron chi connectivity index (χ3n) is 4.89. The predicted molar refractivity (Wildman–Crippen MR) is 123 cm³/mol. The van der Waals surface area contributed by atoms with Crippen LogP contribution in [0.3, 0.4) is 0 Å². The lowest BCUT2D eigenvalue weighted by Gasteiger charge is -2.11. The van der Waals surface area contributed by atoms with Gasteiger partial charge in [0.2, 0.25) is 5.91 Å². The number of benzene rings is 2. The molecule has 30 heavy (non-hydrogen) atoms. The molecule has 0 aliphatic rings. The molecule has 0 bridgehead atoms. The molecule has 1 amide bonds. The van der Waals surface area contributed by atoms with E-state index in [1.54, 1.807) is 10.6 Å². The molecule has 0 spiro atoms. The van der Waals surface area contributed by atoms with Crippen molar-refractivity contribution in [1.82, 2.24) is 14.5 Å². The Hall–Kier alpha value is -3.32. The molecule has 4 rings (SSSR count). The molecule has 0 saturated heterocycles. The van der Waals surface area contributed by atoms with E-state index in [4.69, 9.17) is 4.98 Å². The highest BCUT2D eigenvalue weighted by Crippen LogP contribution is 2.25. The molecule has 4 aromatic rings. The topological polar surface area (TPSA) is 79.8 Å². The van der Waals surface area contributed by atoms with Gasteiger partial charge in [0.25, 0.3) is 5.56 Å². The summed E-state index contributed by atoms with van der Waals surface area (Å²) in [5.41, 5.74) is 4.64. The summed E-state index contributed by atoms with van der Waals surface area (Å²) < 4.78 is 1.54. The second-order valence-corrected chi connectivity index (χ2v) is 8.09. The van der Waals surface area contributed by atoms with Crippen LogP contribution in [0, 0.1) is 13.8 Å². The van der Waals surface area contributed by atoms with Gasteiger partial charge in [-0.3, -0.25) is 14.2 Å². The number of aromatic nitrogens is 3. The number of rotatable bonds is 6. The monoisotopic (exact) mass is 418 g/mol. The molecule has 2 N–H and O–H groups in total. The quantitative estimate of drug-likeness (QED) is 0.276. The third kappa shape index (κ3) is 3.76. The number of nitrogens with zero attached hydrogens (tertiary/aromatic N) is 2. The van der Waals surface area contributed by atoms with Crippen molar-refractivity contribution >= 4 is 45.3 Å². The number of H-pyrrole nitrogens is 1. The van der Waals surface area contributed by atoms with Crippen LogP contribution in [-0.4, -0.2) is 26.2 Å². The lowest BCUT2D eigenvalue weighted by atomic mass is 10.1. The second-order valence-electron chi connectivity index (χ2n) is 7.15. The van der Waals surface area contributed by atoms with Crippen LogP contribution >= 0.6 is 11.8 Å². The van der Waals surface area contributed by atoms with Crippen molar-refractivity contribution in [3.63, 3.8) is 0 Å². The molecule has 0 saturated carbocycles. The number of carbonyl (C=O) groups excluding carboxylic acids is 1. The summed E-state index contributed by atoms with van der Waals surface area (Å²) in [4.78, 5) is 33.5. The molecule has 2 aromatic carbocycles. The minimum atomic E-state index is -0.173. The van der Waals surface area contributed by atoms with Gasteiger partial charge >= 0.3 is 0 Å². The number of aryl methyl sites for hydroxylation is 2. The Morgan fingerprint density at radius 3 is 2.87 bits per heavy atom. The first-order valence-corrected chi connectivity index (χ1v) is 10.6. The van der Waals surface area contributed by atoms with Crippen LogP contribution in [0.2, 0.25) is 0 Å². The first-order valence-electron chi connectivity index (χ1n) is 9.60. The predicted octanol–water partition coefficient (Wildman–Crippen LogP) is 4.41. The Morgan fingerprint density at radius 1 is 1.27 bits per heavy atom. The maximum atomic E-state index is 13.1. The summed E-state index contributed by atoms with van der Waals surface area (Å²) in [6.45, 7) is 8.00. The van der Waals surface area contributed by atoms with E-state index in [0.29, 0.717) is 22.7 Å². The highest BCUT2D eigenvalue weighted by atomic mass is 32.2. The number of nitrogens with one attached hydrogen (secondary N) is 2. The molecule has 0 aliphatic carbocycles. The van der Waals surface area contributed by atoms with Crippen molar-refractivity contribution in [3.05, 3.63) is 76.6 Å². The number of aromatic amines is 1. The zero-order valence-corrected chi connectivity index (χ0v) is 17.7. The fourth-order valence-electron chi connectivity index (χ4n) is 3.36. The Balaban J connectivity index is 1.65. The first kappa shape index (κ1) is 20.0. The van der Waals surface area contributed by atoms with Gasteiger partial charge in [0, 0.05) is 23.1 Å². The largest absolute Gasteiger partial charge is 0.349 e. The molecule has 0 fully saturated rings. The number of amides is 1. The van der Waals surface area contributed by atoms with E-state index in [2.05, 4.69) is 16.9 Å². The smallest absolute Gasteiger partial charge is 0.278 e. The van der Waals surface area contributed by atoms with Crippen molar-refractivity contribution in [2.45, 2.75) is 25.5 Å². The highest BCUT2D eigenvalue weighted by molar-refractivity contribution is 7.99. The van der Waals surface area contributed by atoms with Gasteiger partial charge in [-0.2, -0.15) is 0 Å². The molecule has 7 heteroatoms. The summed E-state index contributed by atoms with van der Waals surface area (Å²) in [5.74, 6) is -0.00250. The van der Waals surface area contributed by atoms with Crippen molar-refractivity contribution < 1.29 is 4.79 Å². The number of para-hydroxylation sites is 1. The van der Waals surface area contributed by atoms with Crippen molar-refractivity contribution in [1.29, 1.82) is 0 Å². The molecule has 152 valence electrons. The molecular formula is C23H22N4O2S. The maximum absolute atomic E-state index is 13.1. The zero-order valence-electron chi connectivity index (χ0n) is 16.9. The molecule has 6 nitrogen and oxygen atoms in total. The Kier molecular flexibility index (Phi) is 5.46. The lowest BCUT2D eigenvalue weighted by molar-refractivity contribution is -0.113. The van der Waals surface area contributed by atoms with Crippen molar-refractivity contribution in [2.75, 3.05) is 11.1 Å². The van der Waals surface area contributed by atoms with Gasteiger partial charge in [0.15, 0.2) is 5.16 Å². The number of hydrogen-bond acceptors (Lipinski definition) is 4. The Morgan fingerprint density at radius 2 is 2.07 bits per heavy atom. The molecule has 0 radical (unpaired) electrons. The van der Waals surface area contributed by atoms with E-state index in [-0.39, 0.29) is 17.2 Å². The zero-order chi connectivity index (χ0) is 21.3. The molecule has 0 aliphatic heterocycles. The van der Waals surface area contributed by atoms with Gasteiger partial charge in [-0.15, -0.1) is 6.58 Å². The van der Waals surface area contributed by atoms with Crippen LogP contribution in [-0.2, 0) is 11.3 Å². The molecule has 2 heterocycles. The van der Waals surface area contributed by atoms with Crippen LogP contribution in [0.5, 0.6) is 0 Å². The SMILES string of the molecule is C=CCn1c(SCC(=O)Nc2cc(C)ccc2C)nc2c([nH]c3ccccc32)c1=O. The Labute approximate surface area is 178 Å². The first-order chi connectivity index (χ1) is 14.5. The van der Waals surface area contributed by atoms with E-state index < -0.39 is 0 Å². The summed E-state index contributed by atoms with van der Waals surface area (Å²) >= 11 is 1.24. The van der Waals surface area contributed by atoms with E-state index in [1.165, 1.54) is 11.8 Å². The van der Waals surface area contributed by atoms with Gasteiger partial charge in [0.05, 0.1) is 5.75 Å². The maximum Gasteiger partial charge on any atom is 0.278 e. The summed E-state index contributed by atoms with van der Waals surface area (Å²) in [7, 11) is 0.